The van der Waals surface area contributed by atoms with Crippen LogP contribution in [0, 0.1) is 24.7 Å². The topological polar surface area (TPSA) is 51.9 Å². The van der Waals surface area contributed by atoms with Crippen LogP contribution in [0.1, 0.15) is 74.9 Å². The van der Waals surface area contributed by atoms with Crippen molar-refractivity contribution >= 4 is 5.91 Å². The van der Waals surface area contributed by atoms with Crippen LogP contribution >= 0.6 is 0 Å². The van der Waals surface area contributed by atoms with Gasteiger partial charge in [-0.15, -0.1) is 0 Å². The number of nitrogens with two attached hydrogens (primary N) is 1. The van der Waals surface area contributed by atoms with E-state index in [1.807, 2.05) is 36.4 Å². The van der Waals surface area contributed by atoms with Crippen molar-refractivity contribution in [1.82, 2.24) is 4.57 Å². The van der Waals surface area contributed by atoms with E-state index in [1.165, 1.54) is 25.1 Å². The van der Waals surface area contributed by atoms with Gasteiger partial charge in [-0.25, -0.2) is 9.13 Å². The summed E-state index contributed by atoms with van der Waals surface area (Å²) in [6.45, 7) is 5.11. The Bertz CT molecular complexity index is 1140. The van der Waals surface area contributed by atoms with Crippen molar-refractivity contribution < 1.29 is 26.3 Å². The van der Waals surface area contributed by atoms with Crippen LogP contribution in [0.5, 0.6) is 0 Å². The fraction of sp³-hybridized carbons (Fsp3) is 0.419. The van der Waals surface area contributed by atoms with Crippen LogP contribution in [0.15, 0.2) is 73.1 Å². The Labute approximate surface area is 226 Å². The molecule has 2 unspecified atom stereocenters. The van der Waals surface area contributed by atoms with Crippen LogP contribution in [-0.4, -0.2) is 10.5 Å². The van der Waals surface area contributed by atoms with Crippen LogP contribution in [0.3, 0.4) is 0 Å². The van der Waals surface area contributed by atoms with E-state index in [1.54, 1.807) is 0 Å². The number of unbranched alkanes of at least 4 members (excludes halogenated alkanes) is 3. The van der Waals surface area contributed by atoms with Crippen LogP contribution in [0.25, 0.3) is 0 Å². The second-order valence-corrected chi connectivity index (χ2v) is 9.76. The van der Waals surface area contributed by atoms with Gasteiger partial charge in [0.25, 0.3) is 5.82 Å². The first-order valence-corrected chi connectivity index (χ1v) is 13.0. The third-order valence-corrected chi connectivity index (χ3v) is 7.73. The third kappa shape index (κ3) is 5.60. The third-order valence-electron chi connectivity index (χ3n) is 7.73. The molecule has 36 heavy (non-hydrogen) atoms. The quantitative estimate of drug-likeness (QED) is 0.250. The van der Waals surface area contributed by atoms with Gasteiger partial charge in [0.05, 0.1) is 0 Å². The molecule has 1 aliphatic carbocycles. The zero-order valence-corrected chi connectivity index (χ0v) is 23.1. The van der Waals surface area contributed by atoms with Crippen LogP contribution in [-0.2, 0) is 16.8 Å². The molecular weight excluding hydrogens is 510 g/mol. The number of rotatable bonds is 9. The summed E-state index contributed by atoms with van der Waals surface area (Å²) < 4.78 is 4.61. The van der Waals surface area contributed by atoms with E-state index in [9.17, 15) is 4.79 Å². The highest BCUT2D eigenvalue weighted by atomic mass is 79.9. The van der Waals surface area contributed by atoms with Crippen LogP contribution < -0.4 is 27.3 Å². The molecule has 0 radical (unpaired) electrons. The summed E-state index contributed by atoms with van der Waals surface area (Å²) in [6.07, 6.45) is 11.8. The smallest absolute Gasteiger partial charge is 0.254 e. The predicted molar refractivity (Wildman–Crippen MR) is 141 cm³/mol. The van der Waals surface area contributed by atoms with E-state index in [0.717, 1.165) is 43.4 Å². The molecule has 0 spiro atoms. The van der Waals surface area contributed by atoms with Crippen molar-refractivity contribution in [3.05, 3.63) is 90.0 Å². The second kappa shape index (κ2) is 12.9. The number of aromatic nitrogens is 2. The number of carbonyl (C=O) groups excluding carboxylic acids is 1. The molecule has 190 valence electrons. The van der Waals surface area contributed by atoms with Crippen molar-refractivity contribution in [3.8, 4) is 11.8 Å². The van der Waals surface area contributed by atoms with E-state index in [2.05, 4.69) is 71.5 Å². The predicted octanol–water partition coefficient (Wildman–Crippen LogP) is 2.48. The van der Waals surface area contributed by atoms with Gasteiger partial charge in [0.15, 0.2) is 6.54 Å². The van der Waals surface area contributed by atoms with Gasteiger partial charge in [-0.1, -0.05) is 92.3 Å². The molecule has 0 saturated heterocycles. The van der Waals surface area contributed by atoms with Gasteiger partial charge in [-0.3, -0.25) is 4.79 Å². The molecule has 0 aliphatic heterocycles. The molecule has 3 aromatic rings. The fourth-order valence-electron chi connectivity index (χ4n) is 5.89. The molecule has 1 aromatic heterocycles. The summed E-state index contributed by atoms with van der Waals surface area (Å²) >= 11 is 0. The molecule has 2 atom stereocenters. The van der Waals surface area contributed by atoms with Crippen molar-refractivity contribution in [1.29, 1.82) is 0 Å². The maximum atomic E-state index is 13.3. The van der Waals surface area contributed by atoms with Crippen LogP contribution in [0.4, 0.5) is 0 Å². The summed E-state index contributed by atoms with van der Waals surface area (Å²) in [7, 11) is 0. The zero-order valence-electron chi connectivity index (χ0n) is 21.5. The molecule has 2 N–H and O–H groups in total. The van der Waals surface area contributed by atoms with Gasteiger partial charge in [0.1, 0.15) is 23.9 Å². The molecule has 4 nitrogen and oxygen atoms in total. The summed E-state index contributed by atoms with van der Waals surface area (Å²) in [5.74, 6) is 7.73. The molecule has 1 heterocycles. The largest absolute Gasteiger partial charge is 1.00 e. The van der Waals surface area contributed by atoms with E-state index in [-0.39, 0.29) is 28.8 Å². The van der Waals surface area contributed by atoms with E-state index in [4.69, 9.17) is 5.73 Å². The number of nitrogens with zero attached hydrogens (tertiary/aromatic N) is 2. The summed E-state index contributed by atoms with van der Waals surface area (Å²) in [5, 5.41) is 0. The summed E-state index contributed by atoms with van der Waals surface area (Å²) in [4.78, 5) is 13.3. The Balaban J connectivity index is 0.00000361. The van der Waals surface area contributed by atoms with Crippen molar-refractivity contribution in [2.75, 3.05) is 0 Å². The monoisotopic (exact) mass is 547 g/mol. The lowest BCUT2D eigenvalue weighted by Crippen LogP contribution is -3.00. The number of halogens is 1. The number of hydrogen-bond acceptors (Lipinski definition) is 1. The molecule has 1 amide bonds. The first-order chi connectivity index (χ1) is 17.1. The highest BCUT2D eigenvalue weighted by Crippen LogP contribution is 2.49. The number of carbonyl (C=O) groups is 1. The minimum atomic E-state index is -0.835. The van der Waals surface area contributed by atoms with E-state index < -0.39 is 5.41 Å². The highest BCUT2D eigenvalue weighted by Gasteiger charge is 2.51. The molecular formula is C31H38BrN3O. The second-order valence-electron chi connectivity index (χ2n) is 9.76. The Morgan fingerprint density at radius 3 is 2.25 bits per heavy atom. The van der Waals surface area contributed by atoms with Gasteiger partial charge in [-0.05, 0) is 42.7 Å². The van der Waals surface area contributed by atoms with E-state index in [0.29, 0.717) is 6.04 Å². The maximum absolute atomic E-state index is 13.3. The molecule has 5 heteroatoms. The average Bonchev–Trinajstić information content (AvgIpc) is 3.50. The fourth-order valence-corrected chi connectivity index (χ4v) is 5.89. The minimum absolute atomic E-state index is 0. The Morgan fingerprint density at radius 1 is 1.03 bits per heavy atom. The minimum Gasteiger partial charge on any atom is -1.00 e. The molecule has 1 saturated carbocycles. The van der Waals surface area contributed by atoms with Gasteiger partial charge in [0.2, 0.25) is 5.91 Å². The summed E-state index contributed by atoms with van der Waals surface area (Å²) in [5.41, 5.74) is 7.41. The normalized spacial score (nSPS) is 17.2. The Hall–Kier alpha value is -2.84. The highest BCUT2D eigenvalue weighted by molar-refractivity contribution is 5.91. The Morgan fingerprint density at radius 2 is 1.67 bits per heavy atom. The van der Waals surface area contributed by atoms with Gasteiger partial charge in [0, 0.05) is 13.3 Å². The Kier molecular flexibility index (Phi) is 9.96. The molecule has 0 bridgehead atoms. The first-order valence-electron chi connectivity index (χ1n) is 13.0. The molecule has 4 rings (SSSR count). The van der Waals surface area contributed by atoms with Crippen molar-refractivity contribution in [2.24, 2.45) is 11.7 Å². The number of primary amides is 1. The summed E-state index contributed by atoms with van der Waals surface area (Å²) in [6, 6.07) is 20.6. The van der Waals surface area contributed by atoms with Gasteiger partial charge >= 0.3 is 0 Å². The van der Waals surface area contributed by atoms with Gasteiger partial charge in [-0.2, -0.15) is 0 Å². The number of benzene rings is 2. The standard InChI is InChI=1S/C31H37N3O.BrH/c1-3-4-5-6-7-14-21-33-22-23-34(25(33)2)29-20-19-28(24-29)31(30(32)35,26-15-10-8-11-16-26)27-17-12-9-13-18-27;/h8-13,15-18,22-23,28-29H,3-6,19-21,24H2,1-2H3,(H-,32,35);1H. The zero-order chi connectivity index (χ0) is 24.7. The SMILES string of the molecule is CCCCCC#CC[n+]1ccn(C2CCC(C(C(N)=O)(c3ccccc3)c3ccccc3)C2)c1C.[Br-]. The number of amides is 1. The lowest BCUT2D eigenvalue weighted by Gasteiger charge is -2.37. The lowest BCUT2D eigenvalue weighted by atomic mass is 9.64. The number of imidazole rings is 1. The van der Waals surface area contributed by atoms with E-state index >= 15 is 0 Å². The maximum Gasteiger partial charge on any atom is 0.254 e. The van der Waals surface area contributed by atoms with Crippen LogP contribution in [0.2, 0.25) is 0 Å². The molecule has 2 aromatic carbocycles. The van der Waals surface area contributed by atoms with Gasteiger partial charge < -0.3 is 22.7 Å². The van der Waals surface area contributed by atoms with Crippen molar-refractivity contribution in [3.63, 3.8) is 0 Å². The number of hydrogen-bond donors (Lipinski definition) is 1. The van der Waals surface area contributed by atoms with Crippen molar-refractivity contribution in [2.45, 2.75) is 76.8 Å². The lowest BCUT2D eigenvalue weighted by molar-refractivity contribution is -0.690. The first kappa shape index (κ1) is 27.7. The molecule has 1 fully saturated rings. The average molecular weight is 549 g/mol. The molecule has 1 aliphatic rings.